The minimum atomic E-state index is -0.259. The van der Waals surface area contributed by atoms with Crippen molar-refractivity contribution in [3.05, 3.63) is 53.9 Å². The molecule has 3 heterocycles. The van der Waals surface area contributed by atoms with Crippen LogP contribution in [0.2, 0.25) is 0 Å². The van der Waals surface area contributed by atoms with Crippen molar-refractivity contribution >= 4 is 11.7 Å². The first kappa shape index (κ1) is 16.5. The van der Waals surface area contributed by atoms with Gasteiger partial charge in [0.25, 0.3) is 5.91 Å². The molecule has 25 heavy (non-hydrogen) atoms. The lowest BCUT2D eigenvalue weighted by molar-refractivity contribution is 0.0950. The van der Waals surface area contributed by atoms with E-state index in [2.05, 4.69) is 35.9 Å². The number of nitrogens with zero attached hydrogens (tertiary/aromatic N) is 6. The Labute approximate surface area is 144 Å². The Kier molecular flexibility index (Phi) is 4.93. The molecule has 2 N–H and O–H groups in total. The van der Waals surface area contributed by atoms with Gasteiger partial charge in [-0.25, -0.2) is 9.67 Å². The summed E-state index contributed by atoms with van der Waals surface area (Å²) in [7, 11) is 0. The van der Waals surface area contributed by atoms with Crippen molar-refractivity contribution in [3.8, 4) is 5.82 Å². The van der Waals surface area contributed by atoms with Gasteiger partial charge in [-0.05, 0) is 32.0 Å². The van der Waals surface area contributed by atoms with E-state index in [-0.39, 0.29) is 5.91 Å². The third kappa shape index (κ3) is 4.34. The average Bonchev–Trinajstić information content (AvgIpc) is 3.06. The summed E-state index contributed by atoms with van der Waals surface area (Å²) in [5, 5.41) is 18.3. The summed E-state index contributed by atoms with van der Waals surface area (Å²) in [6, 6.07) is 5.53. The lowest BCUT2D eigenvalue weighted by Crippen LogP contribution is -2.29. The van der Waals surface area contributed by atoms with Crippen molar-refractivity contribution < 1.29 is 4.79 Å². The number of aromatic nitrogens is 6. The largest absolute Gasteiger partial charge is 0.367 e. The summed E-state index contributed by atoms with van der Waals surface area (Å²) in [6.45, 7) is 4.67. The lowest BCUT2D eigenvalue weighted by atomic mass is 10.4. The quantitative estimate of drug-likeness (QED) is 0.643. The lowest BCUT2D eigenvalue weighted by Gasteiger charge is -2.07. The zero-order chi connectivity index (χ0) is 17.6. The fourth-order valence-corrected chi connectivity index (χ4v) is 2.05. The van der Waals surface area contributed by atoms with Crippen molar-refractivity contribution in [1.29, 1.82) is 0 Å². The summed E-state index contributed by atoms with van der Waals surface area (Å²) in [6.07, 6.45) is 4.85. The SMILES string of the molecule is Cc1cnc(C(=O)NCCNc2ccc(-n3ccc(C)n3)nn2)cn1. The molecule has 0 bridgehead atoms. The Morgan fingerprint density at radius 1 is 1.04 bits per heavy atom. The standard InChI is InChI=1S/C16H18N8O/c1-11-5-8-24(23-11)15-4-3-14(21-22-15)17-6-7-18-16(25)13-10-19-12(2)9-20-13/h3-5,8-10H,6-7H2,1-2H3,(H,17,21)(H,18,25). The third-order valence-electron chi connectivity index (χ3n) is 3.34. The van der Waals surface area contributed by atoms with Crippen LogP contribution in [0.1, 0.15) is 21.9 Å². The highest BCUT2D eigenvalue weighted by Gasteiger charge is 2.06. The maximum atomic E-state index is 11.9. The van der Waals surface area contributed by atoms with E-state index in [0.717, 1.165) is 11.4 Å². The van der Waals surface area contributed by atoms with Crippen molar-refractivity contribution in [3.63, 3.8) is 0 Å². The summed E-state index contributed by atoms with van der Waals surface area (Å²) in [4.78, 5) is 20.0. The average molecular weight is 338 g/mol. The van der Waals surface area contributed by atoms with E-state index in [9.17, 15) is 4.79 Å². The molecule has 0 aromatic carbocycles. The molecule has 9 nitrogen and oxygen atoms in total. The number of hydrogen-bond acceptors (Lipinski definition) is 7. The van der Waals surface area contributed by atoms with E-state index in [1.807, 2.05) is 38.2 Å². The Morgan fingerprint density at radius 2 is 1.92 bits per heavy atom. The predicted octanol–water partition coefficient (Wildman–Crippen LogP) is 0.911. The molecule has 0 atom stereocenters. The van der Waals surface area contributed by atoms with E-state index < -0.39 is 0 Å². The van der Waals surface area contributed by atoms with Crippen LogP contribution in [0.5, 0.6) is 0 Å². The second-order valence-corrected chi connectivity index (χ2v) is 5.40. The highest BCUT2D eigenvalue weighted by Crippen LogP contribution is 2.06. The van der Waals surface area contributed by atoms with Crippen molar-refractivity contribution in [1.82, 2.24) is 35.3 Å². The smallest absolute Gasteiger partial charge is 0.271 e. The molecule has 0 saturated carbocycles. The molecule has 0 unspecified atom stereocenters. The molecule has 128 valence electrons. The van der Waals surface area contributed by atoms with Gasteiger partial charge in [-0.1, -0.05) is 0 Å². The zero-order valence-corrected chi connectivity index (χ0v) is 14.0. The number of aryl methyl sites for hydroxylation is 2. The molecule has 0 aliphatic rings. The van der Waals surface area contributed by atoms with Gasteiger partial charge in [0, 0.05) is 25.5 Å². The van der Waals surface area contributed by atoms with Crippen molar-refractivity contribution in [2.75, 3.05) is 18.4 Å². The number of anilines is 1. The van der Waals surface area contributed by atoms with Crippen LogP contribution < -0.4 is 10.6 Å². The first-order chi connectivity index (χ1) is 12.1. The molecular weight excluding hydrogens is 320 g/mol. The van der Waals surface area contributed by atoms with E-state index in [0.29, 0.717) is 30.4 Å². The third-order valence-corrected chi connectivity index (χ3v) is 3.34. The fraction of sp³-hybridized carbons (Fsp3) is 0.250. The van der Waals surface area contributed by atoms with Gasteiger partial charge < -0.3 is 10.6 Å². The topological polar surface area (TPSA) is 111 Å². The van der Waals surface area contributed by atoms with Crippen LogP contribution in [0.25, 0.3) is 5.82 Å². The molecular formula is C16H18N8O. The number of carbonyl (C=O) groups is 1. The van der Waals surface area contributed by atoms with Crippen LogP contribution >= 0.6 is 0 Å². The highest BCUT2D eigenvalue weighted by molar-refractivity contribution is 5.91. The minimum Gasteiger partial charge on any atom is -0.367 e. The molecule has 3 aromatic rings. The molecule has 0 aliphatic carbocycles. The zero-order valence-electron chi connectivity index (χ0n) is 14.0. The molecule has 3 aromatic heterocycles. The van der Waals surface area contributed by atoms with E-state index >= 15 is 0 Å². The highest BCUT2D eigenvalue weighted by atomic mass is 16.1. The predicted molar refractivity (Wildman–Crippen MR) is 91.5 cm³/mol. The van der Waals surface area contributed by atoms with Crippen LogP contribution in [-0.2, 0) is 0 Å². The molecule has 0 spiro atoms. The maximum Gasteiger partial charge on any atom is 0.271 e. The number of carbonyl (C=O) groups excluding carboxylic acids is 1. The second kappa shape index (κ2) is 7.47. The summed E-state index contributed by atoms with van der Waals surface area (Å²) in [5.74, 6) is 1.01. The minimum absolute atomic E-state index is 0.259. The van der Waals surface area contributed by atoms with Gasteiger partial charge in [-0.15, -0.1) is 10.2 Å². The Morgan fingerprint density at radius 3 is 2.56 bits per heavy atom. The number of nitrogens with one attached hydrogen (secondary N) is 2. The molecule has 9 heteroatoms. The van der Waals surface area contributed by atoms with Crippen molar-refractivity contribution in [2.24, 2.45) is 0 Å². The molecule has 0 radical (unpaired) electrons. The number of rotatable bonds is 6. The summed E-state index contributed by atoms with van der Waals surface area (Å²) < 4.78 is 1.66. The van der Waals surface area contributed by atoms with Gasteiger partial charge >= 0.3 is 0 Å². The van der Waals surface area contributed by atoms with Crippen molar-refractivity contribution in [2.45, 2.75) is 13.8 Å². The number of amides is 1. The Balaban J connectivity index is 1.46. The summed E-state index contributed by atoms with van der Waals surface area (Å²) >= 11 is 0. The Hall–Kier alpha value is -3.36. The Bertz CT molecular complexity index is 841. The second-order valence-electron chi connectivity index (χ2n) is 5.40. The monoisotopic (exact) mass is 338 g/mol. The van der Waals surface area contributed by atoms with Gasteiger partial charge in [0.2, 0.25) is 0 Å². The van der Waals surface area contributed by atoms with E-state index in [4.69, 9.17) is 0 Å². The fourth-order valence-electron chi connectivity index (χ4n) is 2.05. The normalized spacial score (nSPS) is 10.5. The molecule has 0 fully saturated rings. The van der Waals surface area contributed by atoms with Crippen LogP contribution in [0.15, 0.2) is 36.8 Å². The van der Waals surface area contributed by atoms with E-state index in [1.165, 1.54) is 6.20 Å². The van der Waals surface area contributed by atoms with Gasteiger partial charge in [0.15, 0.2) is 5.82 Å². The van der Waals surface area contributed by atoms with E-state index in [1.54, 1.807) is 10.9 Å². The van der Waals surface area contributed by atoms with Gasteiger partial charge in [-0.2, -0.15) is 5.10 Å². The van der Waals surface area contributed by atoms with Crippen LogP contribution in [0, 0.1) is 13.8 Å². The van der Waals surface area contributed by atoms with Gasteiger partial charge in [-0.3, -0.25) is 9.78 Å². The number of hydrogen-bond donors (Lipinski definition) is 2. The van der Waals surface area contributed by atoms with Crippen LogP contribution in [-0.4, -0.2) is 48.9 Å². The summed E-state index contributed by atoms with van der Waals surface area (Å²) in [5.41, 5.74) is 1.98. The maximum absolute atomic E-state index is 11.9. The molecule has 0 aliphatic heterocycles. The van der Waals surface area contributed by atoms with Crippen LogP contribution in [0.4, 0.5) is 5.82 Å². The first-order valence-electron chi connectivity index (χ1n) is 7.79. The van der Waals surface area contributed by atoms with Crippen LogP contribution in [0.3, 0.4) is 0 Å². The first-order valence-corrected chi connectivity index (χ1v) is 7.79. The van der Waals surface area contributed by atoms with Gasteiger partial charge in [0.1, 0.15) is 11.5 Å². The van der Waals surface area contributed by atoms with Gasteiger partial charge in [0.05, 0.1) is 17.6 Å². The molecule has 1 amide bonds. The molecule has 3 rings (SSSR count). The molecule has 0 saturated heterocycles.